The van der Waals surface area contributed by atoms with Gasteiger partial charge in [-0.25, -0.2) is 10.9 Å². The second kappa shape index (κ2) is 10.3. The number of nitro benzene ring substituents is 1. The fourth-order valence-electron chi connectivity index (χ4n) is 1.65. The summed E-state index contributed by atoms with van der Waals surface area (Å²) in [6, 6.07) is 9.87. The Morgan fingerprint density at radius 2 is 1.89 bits per heavy atom. The number of halogens is 1. The SMILES string of the molecule is Cc1ccc(S(=O)(=O)O)cc1.N=C(NO)NN=Cc1cc([N+](=O)[O-])ccc1Cl. The maximum absolute atomic E-state index is 10.5. The lowest BCUT2D eigenvalue weighted by Crippen LogP contribution is -2.30. The van der Waals surface area contributed by atoms with Crippen LogP contribution in [-0.4, -0.2) is 35.3 Å². The van der Waals surface area contributed by atoms with Crippen molar-refractivity contribution in [2.75, 3.05) is 0 Å². The molecule has 0 heterocycles. The molecule has 2 aromatic rings. The number of non-ortho nitro benzene ring substituents is 1. The summed E-state index contributed by atoms with van der Waals surface area (Å²) in [6.07, 6.45) is 1.20. The molecule has 150 valence electrons. The van der Waals surface area contributed by atoms with Crippen molar-refractivity contribution < 1.29 is 23.1 Å². The maximum atomic E-state index is 10.5. The number of rotatable bonds is 4. The van der Waals surface area contributed by atoms with Gasteiger partial charge in [-0.05, 0) is 25.1 Å². The van der Waals surface area contributed by atoms with Crippen molar-refractivity contribution in [3.8, 4) is 0 Å². The van der Waals surface area contributed by atoms with Gasteiger partial charge in [-0.2, -0.15) is 13.5 Å². The first-order valence-electron chi connectivity index (χ1n) is 7.30. The van der Waals surface area contributed by atoms with Crippen LogP contribution in [0.1, 0.15) is 11.1 Å². The minimum atomic E-state index is -4.02. The molecule has 13 heteroatoms. The Hall–Kier alpha value is -3.06. The highest BCUT2D eigenvalue weighted by atomic mass is 35.5. The molecular formula is C15H16ClN5O6S. The first kappa shape index (κ1) is 23.0. The Bertz CT molecular complexity index is 979. The largest absolute Gasteiger partial charge is 0.294 e. The van der Waals surface area contributed by atoms with Crippen LogP contribution in [0.4, 0.5) is 5.69 Å². The molecule has 2 rings (SSSR count). The van der Waals surface area contributed by atoms with Crippen molar-refractivity contribution in [1.29, 1.82) is 5.41 Å². The van der Waals surface area contributed by atoms with Gasteiger partial charge in [0.05, 0.1) is 16.0 Å². The summed E-state index contributed by atoms with van der Waals surface area (Å²) >= 11 is 5.79. The molecular weight excluding hydrogens is 414 g/mol. The number of hydrazone groups is 1. The normalized spacial score (nSPS) is 10.7. The number of guanidine groups is 1. The van der Waals surface area contributed by atoms with E-state index in [1.54, 1.807) is 12.1 Å². The van der Waals surface area contributed by atoms with Crippen molar-refractivity contribution in [2.24, 2.45) is 5.10 Å². The zero-order chi connectivity index (χ0) is 21.3. The van der Waals surface area contributed by atoms with Gasteiger partial charge in [-0.1, -0.05) is 29.3 Å². The summed E-state index contributed by atoms with van der Waals surface area (Å²) in [7, 11) is -4.02. The third-order valence-corrected chi connectivity index (χ3v) is 4.21. The van der Waals surface area contributed by atoms with Crippen LogP contribution in [0.5, 0.6) is 0 Å². The van der Waals surface area contributed by atoms with Crippen molar-refractivity contribution in [3.05, 3.63) is 68.7 Å². The smallest absolute Gasteiger partial charge is 0.288 e. The van der Waals surface area contributed by atoms with Gasteiger partial charge in [0, 0.05) is 22.7 Å². The topological polar surface area (TPSA) is 178 Å². The van der Waals surface area contributed by atoms with Crippen molar-refractivity contribution in [3.63, 3.8) is 0 Å². The molecule has 0 atom stereocenters. The van der Waals surface area contributed by atoms with Crippen LogP contribution in [0.2, 0.25) is 5.02 Å². The maximum Gasteiger partial charge on any atom is 0.294 e. The summed E-state index contributed by atoms with van der Waals surface area (Å²) in [5.74, 6) is -0.442. The van der Waals surface area contributed by atoms with Gasteiger partial charge in [0.15, 0.2) is 0 Å². The summed E-state index contributed by atoms with van der Waals surface area (Å²) in [5, 5.41) is 29.6. The number of benzene rings is 2. The third-order valence-electron chi connectivity index (χ3n) is 3.00. The molecule has 0 spiro atoms. The quantitative estimate of drug-likeness (QED) is 0.161. The molecule has 0 aliphatic heterocycles. The van der Waals surface area contributed by atoms with E-state index in [-0.39, 0.29) is 15.6 Å². The van der Waals surface area contributed by atoms with E-state index >= 15 is 0 Å². The molecule has 5 N–H and O–H groups in total. The van der Waals surface area contributed by atoms with Gasteiger partial charge in [-0.15, -0.1) is 0 Å². The molecule has 0 aliphatic carbocycles. The molecule has 11 nitrogen and oxygen atoms in total. The minimum absolute atomic E-state index is 0.0666. The Morgan fingerprint density at radius 3 is 2.39 bits per heavy atom. The standard InChI is InChI=1S/C8H8ClN5O3.C7H8O3S/c9-7-2-1-6(14(16)17)3-5(7)4-11-12-8(10)13-15;1-6-2-4-7(5-3-6)11(8,9)10/h1-4,15H,(H3,10,12,13);2-5H,1H3,(H,8,9,10). The average Bonchev–Trinajstić information content (AvgIpc) is 2.63. The Morgan fingerprint density at radius 1 is 1.29 bits per heavy atom. The van der Waals surface area contributed by atoms with Crippen LogP contribution in [0.15, 0.2) is 52.5 Å². The second-order valence-electron chi connectivity index (χ2n) is 5.11. The predicted octanol–water partition coefficient (Wildman–Crippen LogP) is 2.33. The molecule has 2 aromatic carbocycles. The summed E-state index contributed by atoms with van der Waals surface area (Å²) in [6.45, 7) is 1.84. The van der Waals surface area contributed by atoms with Gasteiger partial charge in [-0.3, -0.25) is 25.3 Å². The number of hydroxylamine groups is 1. The highest BCUT2D eigenvalue weighted by molar-refractivity contribution is 7.85. The minimum Gasteiger partial charge on any atom is -0.288 e. The molecule has 0 amide bonds. The number of nitrogens with one attached hydrogen (secondary N) is 3. The fourth-order valence-corrected chi connectivity index (χ4v) is 2.29. The molecule has 0 saturated heterocycles. The van der Waals surface area contributed by atoms with E-state index in [9.17, 15) is 18.5 Å². The number of nitro groups is 1. The first-order chi connectivity index (χ1) is 13.0. The predicted molar refractivity (Wildman–Crippen MR) is 102 cm³/mol. The van der Waals surface area contributed by atoms with E-state index in [2.05, 4.69) is 10.5 Å². The summed E-state index contributed by atoms with van der Waals surface area (Å²) < 4.78 is 29.6. The lowest BCUT2D eigenvalue weighted by atomic mass is 10.2. The lowest BCUT2D eigenvalue weighted by molar-refractivity contribution is -0.384. The van der Waals surface area contributed by atoms with Crippen LogP contribution in [0.25, 0.3) is 0 Å². The number of nitrogens with zero attached hydrogens (tertiary/aromatic N) is 2. The third kappa shape index (κ3) is 7.67. The molecule has 0 unspecified atom stereocenters. The Kier molecular flexibility index (Phi) is 8.47. The summed E-state index contributed by atoms with van der Waals surface area (Å²) in [5.41, 5.74) is 4.79. The van der Waals surface area contributed by atoms with Crippen molar-refractivity contribution >= 4 is 39.6 Å². The highest BCUT2D eigenvalue weighted by Gasteiger charge is 2.08. The van der Waals surface area contributed by atoms with E-state index in [0.717, 1.165) is 5.56 Å². The van der Waals surface area contributed by atoms with E-state index in [0.29, 0.717) is 5.56 Å². The number of aryl methyl sites for hydroxylation is 1. The van der Waals surface area contributed by atoms with E-state index in [4.69, 9.17) is 26.8 Å². The van der Waals surface area contributed by atoms with E-state index < -0.39 is 21.0 Å². The van der Waals surface area contributed by atoms with Crippen molar-refractivity contribution in [2.45, 2.75) is 11.8 Å². The lowest BCUT2D eigenvalue weighted by Gasteiger charge is -2.00. The molecule has 0 bridgehead atoms. The molecule has 0 aliphatic rings. The second-order valence-corrected chi connectivity index (χ2v) is 6.94. The van der Waals surface area contributed by atoms with Gasteiger partial charge in [0.25, 0.3) is 15.8 Å². The molecule has 0 aromatic heterocycles. The number of hydrogen-bond acceptors (Lipinski definition) is 7. The number of hydrogen-bond donors (Lipinski definition) is 5. The van der Waals surface area contributed by atoms with Gasteiger partial charge < -0.3 is 0 Å². The van der Waals surface area contributed by atoms with Crippen LogP contribution in [-0.2, 0) is 10.1 Å². The zero-order valence-electron chi connectivity index (χ0n) is 14.3. The molecule has 0 saturated carbocycles. The summed E-state index contributed by atoms with van der Waals surface area (Å²) in [4.78, 5) is 9.89. The fraction of sp³-hybridized carbons (Fsp3) is 0.0667. The Labute approximate surface area is 165 Å². The van der Waals surface area contributed by atoms with Crippen LogP contribution >= 0.6 is 11.6 Å². The monoisotopic (exact) mass is 429 g/mol. The van der Waals surface area contributed by atoms with E-state index in [1.165, 1.54) is 42.0 Å². The van der Waals surface area contributed by atoms with Crippen LogP contribution in [0.3, 0.4) is 0 Å². The first-order valence-corrected chi connectivity index (χ1v) is 9.12. The van der Waals surface area contributed by atoms with E-state index in [1.807, 2.05) is 6.92 Å². The Balaban J connectivity index is 0.000000307. The van der Waals surface area contributed by atoms with Crippen molar-refractivity contribution in [1.82, 2.24) is 10.9 Å². The molecule has 0 radical (unpaired) electrons. The van der Waals surface area contributed by atoms with Gasteiger partial charge in [0.2, 0.25) is 5.96 Å². The average molecular weight is 430 g/mol. The zero-order valence-corrected chi connectivity index (χ0v) is 15.9. The molecule has 0 fully saturated rings. The van der Waals surface area contributed by atoms with Crippen LogP contribution in [0, 0.1) is 22.4 Å². The van der Waals surface area contributed by atoms with Crippen LogP contribution < -0.4 is 10.9 Å². The molecule has 28 heavy (non-hydrogen) atoms. The van der Waals surface area contributed by atoms with Gasteiger partial charge >= 0.3 is 0 Å². The van der Waals surface area contributed by atoms with Gasteiger partial charge in [0.1, 0.15) is 0 Å². The highest BCUT2D eigenvalue weighted by Crippen LogP contribution is 2.20.